The molecule has 7 heteroatoms. The van der Waals surface area contributed by atoms with Gasteiger partial charge in [-0.05, 0) is 41.1 Å². The Morgan fingerprint density at radius 3 is 2.56 bits per heavy atom. The second-order valence-electron chi connectivity index (χ2n) is 3.85. The number of nitrogens with zero attached hydrogens (tertiary/aromatic N) is 1. The highest BCUT2D eigenvalue weighted by Crippen LogP contribution is 2.28. The third-order valence-electron chi connectivity index (χ3n) is 2.69. The Bertz CT molecular complexity index is 518. The number of likely N-dealkylation sites (N-methyl/N-ethyl adjacent to an activating group) is 1. The quantitative estimate of drug-likeness (QED) is 0.883. The predicted molar refractivity (Wildman–Crippen MR) is 72.2 cm³/mol. The molecule has 1 aromatic rings. The Hall–Kier alpha value is -0.630. The van der Waals surface area contributed by atoms with Gasteiger partial charge in [-0.1, -0.05) is 0 Å². The molecule has 1 aromatic carbocycles. The molecule has 0 aliphatic rings. The van der Waals surface area contributed by atoms with Crippen LogP contribution in [0.2, 0.25) is 0 Å². The van der Waals surface area contributed by atoms with Crippen molar-refractivity contribution < 1.29 is 18.3 Å². The minimum absolute atomic E-state index is 0.151. The second-order valence-corrected chi connectivity index (χ2v) is 6.70. The molecule has 18 heavy (non-hydrogen) atoms. The molecule has 0 heterocycles. The number of hydrogen-bond donors (Lipinski definition) is 1. The van der Waals surface area contributed by atoms with Crippen molar-refractivity contribution in [1.82, 2.24) is 4.31 Å². The first kappa shape index (κ1) is 15.4. The second kappa shape index (κ2) is 6.01. The van der Waals surface area contributed by atoms with Gasteiger partial charge >= 0.3 is 0 Å². The van der Waals surface area contributed by atoms with Crippen LogP contribution in [0.1, 0.15) is 6.92 Å². The van der Waals surface area contributed by atoms with Gasteiger partial charge in [-0.2, -0.15) is 4.31 Å². The van der Waals surface area contributed by atoms with Crippen LogP contribution in [0.15, 0.2) is 27.6 Å². The molecule has 0 fully saturated rings. The molecule has 0 aliphatic carbocycles. The molecular weight excluding hydrogens is 322 g/mol. The minimum atomic E-state index is -3.61. The van der Waals surface area contributed by atoms with Crippen LogP contribution < -0.4 is 4.74 Å². The largest absolute Gasteiger partial charge is 0.496 e. The zero-order chi connectivity index (χ0) is 13.9. The van der Waals surface area contributed by atoms with Gasteiger partial charge < -0.3 is 9.84 Å². The summed E-state index contributed by atoms with van der Waals surface area (Å²) in [5.74, 6) is 0.562. The van der Waals surface area contributed by atoms with Crippen LogP contribution >= 0.6 is 15.9 Å². The number of rotatable bonds is 5. The van der Waals surface area contributed by atoms with Crippen LogP contribution in [-0.4, -0.2) is 44.6 Å². The van der Waals surface area contributed by atoms with Gasteiger partial charge in [0.15, 0.2) is 0 Å². The van der Waals surface area contributed by atoms with E-state index in [1.54, 1.807) is 13.0 Å². The summed E-state index contributed by atoms with van der Waals surface area (Å²) in [5.41, 5.74) is 0. The molecule has 102 valence electrons. The number of aliphatic hydroxyl groups is 1. The van der Waals surface area contributed by atoms with Crippen LogP contribution in [-0.2, 0) is 10.0 Å². The molecule has 0 radical (unpaired) electrons. The van der Waals surface area contributed by atoms with Gasteiger partial charge in [0.05, 0.1) is 23.1 Å². The molecule has 0 saturated heterocycles. The van der Waals surface area contributed by atoms with Crippen molar-refractivity contribution in [3.8, 4) is 5.75 Å². The highest BCUT2D eigenvalue weighted by atomic mass is 79.9. The van der Waals surface area contributed by atoms with Gasteiger partial charge in [-0.25, -0.2) is 8.42 Å². The SMILES string of the molecule is COc1ccc(S(=O)(=O)N(C)C(C)CO)cc1Br. The van der Waals surface area contributed by atoms with Gasteiger partial charge in [0, 0.05) is 13.1 Å². The highest BCUT2D eigenvalue weighted by molar-refractivity contribution is 9.10. The maximum Gasteiger partial charge on any atom is 0.243 e. The standard InChI is InChI=1S/C11H16BrNO4S/c1-8(7-14)13(2)18(15,16)9-4-5-11(17-3)10(12)6-9/h4-6,8,14H,7H2,1-3H3. The summed E-state index contributed by atoms with van der Waals surface area (Å²) in [4.78, 5) is 0.151. The monoisotopic (exact) mass is 337 g/mol. The molecule has 0 amide bonds. The van der Waals surface area contributed by atoms with Crippen molar-refractivity contribution in [2.45, 2.75) is 17.9 Å². The summed E-state index contributed by atoms with van der Waals surface area (Å²) in [6, 6.07) is 4.05. The molecule has 0 bridgehead atoms. The van der Waals surface area contributed by atoms with E-state index in [1.165, 1.54) is 26.3 Å². The molecule has 1 N–H and O–H groups in total. The molecule has 1 atom stereocenters. The lowest BCUT2D eigenvalue weighted by Crippen LogP contribution is -2.37. The van der Waals surface area contributed by atoms with Gasteiger partial charge in [0.1, 0.15) is 5.75 Å². The van der Waals surface area contributed by atoms with Crippen molar-refractivity contribution in [3.05, 3.63) is 22.7 Å². The minimum Gasteiger partial charge on any atom is -0.496 e. The topological polar surface area (TPSA) is 66.8 Å². The number of sulfonamides is 1. The van der Waals surface area contributed by atoms with Gasteiger partial charge in [0.25, 0.3) is 0 Å². The fourth-order valence-electron chi connectivity index (χ4n) is 1.33. The molecule has 0 aromatic heterocycles. The Morgan fingerprint density at radius 2 is 2.11 bits per heavy atom. The lowest BCUT2D eigenvalue weighted by molar-refractivity contribution is 0.214. The molecule has 0 spiro atoms. The summed E-state index contributed by atoms with van der Waals surface area (Å²) >= 11 is 3.25. The van der Waals surface area contributed by atoms with Gasteiger partial charge in [-0.15, -0.1) is 0 Å². The molecule has 1 rings (SSSR count). The van der Waals surface area contributed by atoms with E-state index in [2.05, 4.69) is 15.9 Å². The normalized spacial score (nSPS) is 13.7. The van der Waals surface area contributed by atoms with Gasteiger partial charge in [-0.3, -0.25) is 0 Å². The maximum absolute atomic E-state index is 12.2. The first-order valence-corrected chi connectivity index (χ1v) is 7.50. The smallest absolute Gasteiger partial charge is 0.243 e. The third kappa shape index (κ3) is 3.03. The van der Waals surface area contributed by atoms with Crippen LogP contribution in [0, 0.1) is 0 Å². The van der Waals surface area contributed by atoms with Crippen molar-refractivity contribution in [1.29, 1.82) is 0 Å². The van der Waals surface area contributed by atoms with Crippen LogP contribution in [0.4, 0.5) is 0 Å². The van der Waals surface area contributed by atoms with E-state index in [1.807, 2.05) is 0 Å². The lowest BCUT2D eigenvalue weighted by Gasteiger charge is -2.22. The Balaban J connectivity index is 3.17. The average Bonchev–Trinajstić information content (AvgIpc) is 2.36. The van der Waals surface area contributed by atoms with E-state index in [0.29, 0.717) is 10.2 Å². The maximum atomic E-state index is 12.2. The first-order chi connectivity index (χ1) is 8.34. The van der Waals surface area contributed by atoms with Crippen molar-refractivity contribution >= 4 is 26.0 Å². The van der Waals surface area contributed by atoms with Crippen molar-refractivity contribution in [2.24, 2.45) is 0 Å². The average molecular weight is 338 g/mol. The molecule has 0 aliphatic heterocycles. The molecule has 0 saturated carbocycles. The summed E-state index contributed by atoms with van der Waals surface area (Å²) in [7, 11) is -0.663. The van der Waals surface area contributed by atoms with E-state index in [4.69, 9.17) is 9.84 Å². The lowest BCUT2D eigenvalue weighted by atomic mass is 10.3. The van der Waals surface area contributed by atoms with Crippen LogP contribution in [0.25, 0.3) is 0 Å². The van der Waals surface area contributed by atoms with E-state index < -0.39 is 16.1 Å². The fraction of sp³-hybridized carbons (Fsp3) is 0.455. The molecule has 1 unspecified atom stereocenters. The van der Waals surface area contributed by atoms with Gasteiger partial charge in [0.2, 0.25) is 10.0 Å². The number of ether oxygens (including phenoxy) is 1. The zero-order valence-corrected chi connectivity index (χ0v) is 12.8. The van der Waals surface area contributed by atoms with E-state index >= 15 is 0 Å². The van der Waals surface area contributed by atoms with E-state index in [0.717, 1.165) is 4.31 Å². The Labute approximate surface area is 116 Å². The highest BCUT2D eigenvalue weighted by Gasteiger charge is 2.25. The number of methoxy groups -OCH3 is 1. The van der Waals surface area contributed by atoms with Crippen LogP contribution in [0.3, 0.4) is 0 Å². The number of halogens is 1. The summed E-state index contributed by atoms with van der Waals surface area (Å²) in [6.45, 7) is 1.41. The van der Waals surface area contributed by atoms with E-state index in [9.17, 15) is 8.42 Å². The van der Waals surface area contributed by atoms with Crippen LogP contribution in [0.5, 0.6) is 5.75 Å². The number of aliphatic hydroxyl groups excluding tert-OH is 1. The molecule has 5 nitrogen and oxygen atoms in total. The van der Waals surface area contributed by atoms with Crippen molar-refractivity contribution in [2.75, 3.05) is 20.8 Å². The number of hydrogen-bond acceptors (Lipinski definition) is 4. The predicted octanol–water partition coefficient (Wildman–Crippen LogP) is 1.46. The summed E-state index contributed by atoms with van der Waals surface area (Å²) in [5, 5.41) is 9.02. The zero-order valence-electron chi connectivity index (χ0n) is 10.4. The summed E-state index contributed by atoms with van der Waals surface area (Å²) in [6.07, 6.45) is 0. The van der Waals surface area contributed by atoms with E-state index in [-0.39, 0.29) is 11.5 Å². The third-order valence-corrected chi connectivity index (χ3v) is 5.27. The summed E-state index contributed by atoms with van der Waals surface area (Å²) < 4.78 is 31.2. The fourth-order valence-corrected chi connectivity index (χ4v) is 3.40. The number of benzene rings is 1. The van der Waals surface area contributed by atoms with Crippen molar-refractivity contribution in [3.63, 3.8) is 0 Å². The Morgan fingerprint density at radius 1 is 1.50 bits per heavy atom. The first-order valence-electron chi connectivity index (χ1n) is 5.27. The molecular formula is C11H16BrNO4S. The Kier molecular flexibility index (Phi) is 5.15.